The molecule has 2 rings (SSSR count). The zero-order valence-electron chi connectivity index (χ0n) is 34.3. The Balaban J connectivity index is -0.000000195. The van der Waals surface area contributed by atoms with E-state index in [1.807, 2.05) is 0 Å². The normalized spacial score (nSPS) is 17.6. The minimum Gasteiger partial charge on any atom is -0.358 e. The Hall–Kier alpha value is 1.56. The molecule has 1 atom stereocenters. The van der Waals surface area contributed by atoms with E-state index < -0.39 is 0 Å². The molecule has 0 bridgehead atoms. The van der Waals surface area contributed by atoms with E-state index in [2.05, 4.69) is 144 Å². The predicted octanol–water partition coefficient (Wildman–Crippen LogP) is 14.6. The van der Waals surface area contributed by atoms with Crippen LogP contribution in [0.2, 0.25) is 0 Å². The molecule has 0 spiro atoms. The van der Waals surface area contributed by atoms with Gasteiger partial charge in [-0.05, 0) is 61.8 Å². The first-order chi connectivity index (χ1) is 18.5. The quantitative estimate of drug-likeness (QED) is 0.0935. The van der Waals surface area contributed by atoms with Crippen molar-refractivity contribution in [2.75, 3.05) is 12.3 Å². The molecule has 2 aliphatic carbocycles. The van der Waals surface area contributed by atoms with Crippen molar-refractivity contribution < 1.29 is 51.7 Å². The Labute approximate surface area is 328 Å². The van der Waals surface area contributed by atoms with Crippen molar-refractivity contribution in [2.24, 2.45) is 10.8 Å². The fourth-order valence-corrected chi connectivity index (χ4v) is 12.8. The molecule has 0 saturated carbocycles. The smallest absolute Gasteiger partial charge is 0.00531 e. The Morgan fingerprint density at radius 1 is 0.711 bits per heavy atom. The summed E-state index contributed by atoms with van der Waals surface area (Å²) in [6.45, 7) is 44.2. The van der Waals surface area contributed by atoms with Crippen molar-refractivity contribution in [3.8, 4) is 0 Å². The minimum atomic E-state index is -0.181. The van der Waals surface area contributed by atoms with E-state index in [9.17, 15) is 0 Å². The molecule has 0 aromatic rings. The van der Waals surface area contributed by atoms with Gasteiger partial charge in [0.1, 0.15) is 0 Å². The molecule has 2 aliphatic rings. The Morgan fingerprint density at radius 2 is 1.11 bits per heavy atom. The average Bonchev–Trinajstić information content (AvgIpc) is 3.11. The summed E-state index contributed by atoms with van der Waals surface area (Å²) >= 11 is 0. The zero-order valence-corrected chi connectivity index (χ0v) is 43.4. The van der Waals surface area contributed by atoms with Gasteiger partial charge in [-0.15, -0.1) is 29.1 Å². The Bertz CT molecular complexity index is 942. The molecule has 4 heteroatoms. The topological polar surface area (TPSA) is 0 Å². The van der Waals surface area contributed by atoms with E-state index in [0.29, 0.717) is 16.0 Å². The van der Waals surface area contributed by atoms with Gasteiger partial charge in [0.05, 0.1) is 0 Å². The molecule has 1 unspecified atom stereocenters. The maximum atomic E-state index is 3.44. The number of rotatable bonds is 9. The first kappa shape index (κ1) is 56.0. The second-order valence-corrected chi connectivity index (χ2v) is 21.0. The molecule has 0 nitrogen and oxygen atoms in total. The molecule has 0 aromatic heterocycles. The van der Waals surface area contributed by atoms with Crippen LogP contribution in [0.25, 0.3) is 0 Å². The monoisotopic (exact) mass is 992 g/mol. The molecule has 45 heavy (non-hydrogen) atoms. The summed E-state index contributed by atoms with van der Waals surface area (Å²) in [6, 6.07) is 0. The van der Waals surface area contributed by atoms with E-state index in [1.165, 1.54) is 68.9 Å². The van der Waals surface area contributed by atoms with Crippen molar-refractivity contribution in [1.82, 2.24) is 0 Å². The molecule has 0 saturated heterocycles. The van der Waals surface area contributed by atoms with Crippen LogP contribution in [0.4, 0.5) is 0 Å². The van der Waals surface area contributed by atoms with Crippen LogP contribution in [-0.4, -0.2) is 28.3 Å². The van der Waals surface area contributed by atoms with Crippen molar-refractivity contribution in [2.45, 2.75) is 173 Å². The molecular formula is C41H78Hf2P2-4. The largest absolute Gasteiger partial charge is 0.358 e. The van der Waals surface area contributed by atoms with Gasteiger partial charge >= 0.3 is 0 Å². The van der Waals surface area contributed by atoms with Gasteiger partial charge in [0.25, 0.3) is 0 Å². The van der Waals surface area contributed by atoms with Crippen LogP contribution in [0.1, 0.15) is 157 Å². The van der Waals surface area contributed by atoms with Gasteiger partial charge in [0, 0.05) is 57.1 Å². The van der Waals surface area contributed by atoms with Crippen LogP contribution in [0.3, 0.4) is 0 Å². The molecule has 0 amide bonds. The summed E-state index contributed by atoms with van der Waals surface area (Å²) in [5.41, 5.74) is 11.5. The number of hydrogen-bond acceptors (Lipinski definition) is 0. The molecule has 0 fully saturated rings. The van der Waals surface area contributed by atoms with Crippen molar-refractivity contribution in [1.29, 1.82) is 0 Å². The summed E-state index contributed by atoms with van der Waals surface area (Å²) in [5.74, 6) is 0. The molecule has 0 heterocycles. The van der Waals surface area contributed by atoms with Gasteiger partial charge in [-0.1, -0.05) is 132 Å². The molecule has 0 radical (unpaired) electrons. The number of allylic oxidation sites excluding steroid dienone is 8. The first-order valence-electron chi connectivity index (χ1n) is 16.5. The minimum absolute atomic E-state index is 0. The third-order valence-corrected chi connectivity index (χ3v) is 14.9. The molecular weight excluding hydrogens is 911 g/mol. The van der Waals surface area contributed by atoms with Crippen LogP contribution < -0.4 is 0 Å². The van der Waals surface area contributed by atoms with Gasteiger partial charge in [0.15, 0.2) is 0 Å². The summed E-state index contributed by atoms with van der Waals surface area (Å²) in [6.07, 6.45) is 14.5. The van der Waals surface area contributed by atoms with Crippen LogP contribution in [0, 0.1) is 38.2 Å². The van der Waals surface area contributed by atoms with Crippen LogP contribution in [0.5, 0.6) is 0 Å². The van der Waals surface area contributed by atoms with Crippen molar-refractivity contribution in [3.05, 3.63) is 66.4 Å². The van der Waals surface area contributed by atoms with Crippen LogP contribution in [-0.2, 0) is 51.7 Å². The van der Waals surface area contributed by atoms with E-state index >= 15 is 0 Å². The maximum Gasteiger partial charge on any atom is 0.00531 e. The van der Waals surface area contributed by atoms with Crippen molar-refractivity contribution in [3.63, 3.8) is 0 Å². The van der Waals surface area contributed by atoms with E-state index in [1.54, 1.807) is 16.7 Å². The van der Waals surface area contributed by atoms with Gasteiger partial charge in [-0.2, -0.15) is 18.1 Å². The van der Waals surface area contributed by atoms with E-state index in [0.717, 1.165) is 0 Å². The van der Waals surface area contributed by atoms with E-state index in [4.69, 9.17) is 0 Å². The molecule has 0 N–H and O–H groups in total. The van der Waals surface area contributed by atoms with Gasteiger partial charge in [-0.3, -0.25) is 6.08 Å². The zero-order chi connectivity index (χ0) is 32.6. The van der Waals surface area contributed by atoms with Crippen LogP contribution in [0.15, 0.2) is 39.0 Å². The third kappa shape index (κ3) is 16.4. The average molecular weight is 990 g/mol. The summed E-state index contributed by atoms with van der Waals surface area (Å²) < 4.78 is 0. The molecule has 0 aromatic carbocycles. The predicted molar refractivity (Wildman–Crippen MR) is 210 cm³/mol. The fraction of sp³-hybridized carbons (Fsp3) is 0.732. The van der Waals surface area contributed by atoms with Gasteiger partial charge in [0.2, 0.25) is 0 Å². The van der Waals surface area contributed by atoms with Crippen LogP contribution >= 0.6 is 16.5 Å². The molecule has 0 aliphatic heterocycles. The second-order valence-electron chi connectivity index (χ2n) is 15.5. The number of hydrogen-bond donors (Lipinski definition) is 0. The number of unbranched alkanes of at least 4 members (excludes halogenated alkanes) is 2. The Morgan fingerprint density at radius 3 is 1.31 bits per heavy atom. The van der Waals surface area contributed by atoms with Gasteiger partial charge < -0.3 is 21.3 Å². The van der Waals surface area contributed by atoms with Gasteiger partial charge in [-0.25, -0.2) is 5.57 Å². The van der Waals surface area contributed by atoms with E-state index in [-0.39, 0.29) is 85.3 Å². The second kappa shape index (κ2) is 23.9. The summed E-state index contributed by atoms with van der Waals surface area (Å²) in [4.78, 5) is 0. The third-order valence-electron chi connectivity index (χ3n) is 9.45. The standard InChI is InChI=1S/C21H38P.C10H15.C8H19P.2CH3.2Hf/c1-13-17(22(19(5,6)7)20(8,9)10)18-15(3)14(2)16(4)21(18,11)12;1-7-6-10(4,5)9(3)8(7)2;1-3-5-7-9-8-6-4-2;;;;/h13,17H,1-12H3;1-5H3;9H,3-8H2,1-2H3;2*1H3;;/q2*-1;;2*-1;;. The van der Waals surface area contributed by atoms with Crippen molar-refractivity contribution >= 4 is 16.5 Å². The summed E-state index contributed by atoms with van der Waals surface area (Å²) in [7, 11) is 1.07. The fourth-order valence-electron chi connectivity index (χ4n) is 6.63. The maximum absolute atomic E-state index is 3.44. The SMILES string of the molecule is CC1=[C-]C(C)(C)C(C)=C1C.CCCCPCCCC.C[CH-]C(C1=C(C)C(C)=C(C)C1(C)C)P(C(C)(C)C)C(C)(C)C.[CH3-].[CH3-].[Hf].[Hf]. The Kier molecular flexibility index (Phi) is 29.7. The molecule has 264 valence electrons. The first-order valence-corrected chi connectivity index (χ1v) is 19.4. The summed E-state index contributed by atoms with van der Waals surface area (Å²) in [5, 5.41) is 0.692.